The van der Waals surface area contributed by atoms with E-state index in [-0.39, 0.29) is 10.8 Å². The number of hydrogen-bond donors (Lipinski definition) is 1. The van der Waals surface area contributed by atoms with Crippen molar-refractivity contribution in [2.75, 3.05) is 19.8 Å². The van der Waals surface area contributed by atoms with Crippen molar-refractivity contribution in [3.8, 4) is 5.69 Å². The van der Waals surface area contributed by atoms with Gasteiger partial charge in [-0.3, -0.25) is 0 Å². The number of nitrogens with zero attached hydrogens (tertiary/aromatic N) is 4. The molecular formula is C10H13N5O2S. The predicted molar refractivity (Wildman–Crippen MR) is 66.6 cm³/mol. The molecule has 7 nitrogen and oxygen atoms in total. The van der Waals surface area contributed by atoms with Crippen LogP contribution in [0, 0.1) is 0 Å². The molecule has 2 aromatic rings. The number of anilines is 1. The maximum absolute atomic E-state index is 11.9. The molecule has 2 N–H and O–H groups in total. The molecule has 0 atom stereocenters. The van der Waals surface area contributed by atoms with E-state index in [9.17, 15) is 8.42 Å². The van der Waals surface area contributed by atoms with Gasteiger partial charge < -0.3 is 5.73 Å². The van der Waals surface area contributed by atoms with Gasteiger partial charge in [0.25, 0.3) is 0 Å². The highest BCUT2D eigenvalue weighted by Crippen LogP contribution is 2.15. The molecule has 0 aliphatic carbocycles. The molecular weight excluding hydrogens is 254 g/mol. The Morgan fingerprint density at radius 3 is 2.28 bits per heavy atom. The molecule has 96 valence electrons. The lowest BCUT2D eigenvalue weighted by molar-refractivity contribution is 0.520. The van der Waals surface area contributed by atoms with Crippen molar-refractivity contribution in [1.82, 2.24) is 19.1 Å². The van der Waals surface area contributed by atoms with Crippen molar-refractivity contribution in [3.63, 3.8) is 0 Å². The molecule has 0 aliphatic heterocycles. The van der Waals surface area contributed by atoms with Crippen LogP contribution in [0.2, 0.25) is 0 Å². The van der Waals surface area contributed by atoms with Crippen LogP contribution in [0.5, 0.6) is 0 Å². The van der Waals surface area contributed by atoms with Crippen LogP contribution in [0.4, 0.5) is 5.95 Å². The first kappa shape index (κ1) is 12.5. The van der Waals surface area contributed by atoms with Gasteiger partial charge >= 0.3 is 0 Å². The zero-order valence-electron chi connectivity index (χ0n) is 9.98. The van der Waals surface area contributed by atoms with Crippen LogP contribution in [0.1, 0.15) is 0 Å². The number of nitrogens with two attached hydrogens (primary N) is 1. The normalized spacial score (nSPS) is 11.9. The van der Waals surface area contributed by atoms with Crippen LogP contribution >= 0.6 is 0 Å². The van der Waals surface area contributed by atoms with Gasteiger partial charge in [-0.25, -0.2) is 22.4 Å². The molecule has 0 saturated carbocycles. The maximum atomic E-state index is 11.9. The molecule has 1 aromatic heterocycles. The second kappa shape index (κ2) is 4.39. The molecule has 2 rings (SSSR count). The minimum atomic E-state index is -3.41. The fourth-order valence-corrected chi connectivity index (χ4v) is 2.28. The third-order valence-corrected chi connectivity index (χ3v) is 4.22. The Balaban J connectivity index is 2.37. The van der Waals surface area contributed by atoms with Crippen LogP contribution in [0.25, 0.3) is 5.69 Å². The molecule has 0 unspecified atom stereocenters. The minimum absolute atomic E-state index is 0.167. The summed E-state index contributed by atoms with van der Waals surface area (Å²) in [6.45, 7) is 0. The molecule has 1 aromatic carbocycles. The SMILES string of the molecule is CN(C)S(=O)(=O)c1ccc(-n2cnc(N)n2)cc1. The van der Waals surface area contributed by atoms with Gasteiger partial charge in [-0.05, 0) is 24.3 Å². The fourth-order valence-electron chi connectivity index (χ4n) is 1.38. The summed E-state index contributed by atoms with van der Waals surface area (Å²) in [5.74, 6) is 0.167. The van der Waals surface area contributed by atoms with E-state index in [0.717, 1.165) is 4.31 Å². The van der Waals surface area contributed by atoms with Crippen LogP contribution in [-0.4, -0.2) is 41.6 Å². The van der Waals surface area contributed by atoms with Gasteiger partial charge in [0.2, 0.25) is 16.0 Å². The molecule has 0 aliphatic rings. The van der Waals surface area contributed by atoms with Gasteiger partial charge in [0.15, 0.2) is 0 Å². The Morgan fingerprint density at radius 1 is 1.22 bits per heavy atom. The molecule has 0 spiro atoms. The Bertz CT molecular complexity index is 645. The average Bonchev–Trinajstić information content (AvgIpc) is 2.76. The Kier molecular flexibility index (Phi) is 3.05. The van der Waals surface area contributed by atoms with E-state index in [2.05, 4.69) is 10.1 Å². The van der Waals surface area contributed by atoms with Crippen LogP contribution in [-0.2, 0) is 10.0 Å². The highest BCUT2D eigenvalue weighted by Gasteiger charge is 2.16. The Labute approximate surface area is 105 Å². The lowest BCUT2D eigenvalue weighted by Crippen LogP contribution is -2.22. The predicted octanol–water partition coefficient (Wildman–Crippen LogP) is 0.0998. The zero-order chi connectivity index (χ0) is 13.3. The number of nitrogen functional groups attached to an aromatic ring is 1. The van der Waals surface area contributed by atoms with Crippen LogP contribution in [0.15, 0.2) is 35.5 Å². The average molecular weight is 267 g/mol. The van der Waals surface area contributed by atoms with E-state index < -0.39 is 10.0 Å². The Hall–Kier alpha value is -1.93. The van der Waals surface area contributed by atoms with E-state index in [0.29, 0.717) is 5.69 Å². The summed E-state index contributed by atoms with van der Waals surface area (Å²) >= 11 is 0. The summed E-state index contributed by atoms with van der Waals surface area (Å²) in [6, 6.07) is 6.32. The fraction of sp³-hybridized carbons (Fsp3) is 0.200. The molecule has 0 saturated heterocycles. The molecule has 8 heteroatoms. The van der Waals surface area contributed by atoms with E-state index >= 15 is 0 Å². The van der Waals surface area contributed by atoms with Crippen molar-refractivity contribution >= 4 is 16.0 Å². The Morgan fingerprint density at radius 2 is 1.83 bits per heavy atom. The lowest BCUT2D eigenvalue weighted by Gasteiger charge is -2.11. The van der Waals surface area contributed by atoms with Crippen LogP contribution in [0.3, 0.4) is 0 Å². The van der Waals surface area contributed by atoms with Crippen molar-refractivity contribution in [3.05, 3.63) is 30.6 Å². The van der Waals surface area contributed by atoms with E-state index in [1.165, 1.54) is 37.2 Å². The first-order chi connectivity index (χ1) is 8.41. The standard InChI is InChI=1S/C10H13N5O2S/c1-14(2)18(16,17)9-5-3-8(4-6-9)15-7-12-10(11)13-15/h3-7H,1-2H3,(H2,11,13). The van der Waals surface area contributed by atoms with Crippen molar-refractivity contribution in [2.24, 2.45) is 0 Å². The molecule has 0 radical (unpaired) electrons. The van der Waals surface area contributed by atoms with Gasteiger partial charge in [-0.15, -0.1) is 5.10 Å². The van der Waals surface area contributed by atoms with Crippen molar-refractivity contribution < 1.29 is 8.42 Å². The highest BCUT2D eigenvalue weighted by atomic mass is 32.2. The molecule has 1 heterocycles. The quantitative estimate of drug-likeness (QED) is 0.851. The molecule has 0 amide bonds. The first-order valence-electron chi connectivity index (χ1n) is 5.11. The molecule has 0 bridgehead atoms. The van der Waals surface area contributed by atoms with Gasteiger partial charge in [-0.1, -0.05) is 0 Å². The van der Waals surface area contributed by atoms with Crippen molar-refractivity contribution in [1.29, 1.82) is 0 Å². The number of benzene rings is 1. The summed E-state index contributed by atoms with van der Waals surface area (Å²) < 4.78 is 26.3. The molecule has 0 fully saturated rings. The summed E-state index contributed by atoms with van der Waals surface area (Å²) in [7, 11) is -0.432. The smallest absolute Gasteiger partial charge is 0.242 e. The minimum Gasteiger partial charge on any atom is -0.366 e. The topological polar surface area (TPSA) is 94.1 Å². The first-order valence-corrected chi connectivity index (χ1v) is 6.55. The van der Waals surface area contributed by atoms with E-state index in [1.807, 2.05) is 0 Å². The number of sulfonamides is 1. The lowest BCUT2D eigenvalue weighted by atomic mass is 10.3. The summed E-state index contributed by atoms with van der Waals surface area (Å²) in [5.41, 5.74) is 6.10. The summed E-state index contributed by atoms with van der Waals surface area (Å²) in [6.07, 6.45) is 1.46. The largest absolute Gasteiger partial charge is 0.366 e. The summed E-state index contributed by atoms with van der Waals surface area (Å²) in [4.78, 5) is 4.02. The van der Waals surface area contributed by atoms with Gasteiger partial charge in [0, 0.05) is 14.1 Å². The number of rotatable bonds is 3. The second-order valence-electron chi connectivity index (χ2n) is 3.83. The second-order valence-corrected chi connectivity index (χ2v) is 5.98. The summed E-state index contributed by atoms with van der Waals surface area (Å²) in [5, 5.41) is 3.93. The van der Waals surface area contributed by atoms with Gasteiger partial charge in [-0.2, -0.15) is 0 Å². The van der Waals surface area contributed by atoms with Crippen molar-refractivity contribution in [2.45, 2.75) is 4.90 Å². The van der Waals surface area contributed by atoms with E-state index in [4.69, 9.17) is 5.73 Å². The monoisotopic (exact) mass is 267 g/mol. The maximum Gasteiger partial charge on any atom is 0.242 e. The van der Waals surface area contributed by atoms with Gasteiger partial charge in [0.05, 0.1) is 10.6 Å². The zero-order valence-corrected chi connectivity index (χ0v) is 10.8. The third-order valence-electron chi connectivity index (χ3n) is 2.39. The number of aromatic nitrogens is 3. The van der Waals surface area contributed by atoms with E-state index in [1.54, 1.807) is 12.1 Å². The third kappa shape index (κ3) is 2.20. The highest BCUT2D eigenvalue weighted by molar-refractivity contribution is 7.89. The molecule has 18 heavy (non-hydrogen) atoms. The van der Waals surface area contributed by atoms with Gasteiger partial charge in [0.1, 0.15) is 6.33 Å². The number of hydrogen-bond acceptors (Lipinski definition) is 5. The van der Waals surface area contributed by atoms with Crippen LogP contribution < -0.4 is 5.73 Å².